The number of benzene rings is 2. The van der Waals surface area contributed by atoms with Gasteiger partial charge >= 0.3 is 6.09 Å². The highest BCUT2D eigenvalue weighted by Crippen LogP contribution is 2.24. The Labute approximate surface area is 164 Å². The average molecular weight is 387 g/mol. The molecule has 0 fully saturated rings. The molecule has 2 rings (SSSR count). The van der Waals surface area contributed by atoms with Crippen molar-refractivity contribution in [2.75, 3.05) is 10.6 Å². The molecule has 2 amide bonds. The highest BCUT2D eigenvalue weighted by atomic mass is 19.1. The predicted molar refractivity (Wildman–Crippen MR) is 108 cm³/mol. The number of anilines is 2. The fourth-order valence-electron chi connectivity index (χ4n) is 2.36. The van der Waals surface area contributed by atoms with Crippen LogP contribution in [0.5, 0.6) is 0 Å². The van der Waals surface area contributed by atoms with E-state index in [-0.39, 0.29) is 0 Å². The number of amides is 2. The van der Waals surface area contributed by atoms with Crippen molar-refractivity contribution in [3.05, 3.63) is 59.9 Å². The van der Waals surface area contributed by atoms with Crippen LogP contribution in [0.4, 0.5) is 20.6 Å². The first-order valence-electron chi connectivity index (χ1n) is 9.02. The zero-order valence-electron chi connectivity index (χ0n) is 16.5. The van der Waals surface area contributed by atoms with Crippen LogP contribution in [0.15, 0.2) is 48.5 Å². The van der Waals surface area contributed by atoms with Gasteiger partial charge in [-0.05, 0) is 51.5 Å². The maximum absolute atomic E-state index is 13.7. The van der Waals surface area contributed by atoms with Gasteiger partial charge in [0.15, 0.2) is 0 Å². The fraction of sp³-hybridized carbons (Fsp3) is 0.333. The van der Waals surface area contributed by atoms with Gasteiger partial charge in [-0.1, -0.05) is 30.3 Å². The highest BCUT2D eigenvalue weighted by Gasteiger charge is 2.21. The van der Waals surface area contributed by atoms with Crippen molar-refractivity contribution >= 4 is 23.4 Å². The summed E-state index contributed by atoms with van der Waals surface area (Å²) >= 11 is 0. The summed E-state index contributed by atoms with van der Waals surface area (Å²) in [5.74, 6) is -0.867. The smallest absolute Gasteiger partial charge is 0.408 e. The molecular weight excluding hydrogens is 361 g/mol. The number of carbonyl (C=O) groups excluding carboxylic acids is 2. The van der Waals surface area contributed by atoms with E-state index in [0.29, 0.717) is 17.9 Å². The number of hydrogen-bond acceptors (Lipinski definition) is 4. The van der Waals surface area contributed by atoms with Crippen molar-refractivity contribution < 1.29 is 18.7 Å². The summed E-state index contributed by atoms with van der Waals surface area (Å²) in [7, 11) is 0. The predicted octanol–water partition coefficient (Wildman–Crippen LogP) is 4.29. The first kappa shape index (κ1) is 21.2. The molecule has 0 aliphatic rings. The van der Waals surface area contributed by atoms with Gasteiger partial charge in [-0.25, -0.2) is 9.18 Å². The van der Waals surface area contributed by atoms with E-state index in [1.165, 1.54) is 18.2 Å². The molecule has 0 aliphatic heterocycles. The Bertz CT molecular complexity index is 819. The lowest BCUT2D eigenvalue weighted by molar-refractivity contribution is -0.117. The summed E-state index contributed by atoms with van der Waals surface area (Å²) in [6, 6.07) is 12.8. The van der Waals surface area contributed by atoms with Gasteiger partial charge in [0.2, 0.25) is 5.91 Å². The van der Waals surface area contributed by atoms with Gasteiger partial charge in [0.1, 0.15) is 17.5 Å². The second kappa shape index (κ2) is 9.21. The zero-order chi connectivity index (χ0) is 20.7. The van der Waals surface area contributed by atoms with E-state index in [4.69, 9.17) is 4.74 Å². The Morgan fingerprint density at radius 2 is 1.75 bits per heavy atom. The van der Waals surface area contributed by atoms with E-state index >= 15 is 0 Å². The number of ether oxygens (including phenoxy) is 1. The van der Waals surface area contributed by atoms with Gasteiger partial charge in [0, 0.05) is 6.54 Å². The van der Waals surface area contributed by atoms with Gasteiger partial charge in [-0.2, -0.15) is 0 Å². The Morgan fingerprint density at radius 3 is 2.39 bits per heavy atom. The van der Waals surface area contributed by atoms with Crippen molar-refractivity contribution in [3.63, 3.8) is 0 Å². The Kier molecular flexibility index (Phi) is 6.98. The van der Waals surface area contributed by atoms with E-state index in [1.807, 2.05) is 30.3 Å². The summed E-state index contributed by atoms with van der Waals surface area (Å²) < 4.78 is 18.8. The maximum atomic E-state index is 13.7. The molecule has 0 saturated carbocycles. The molecule has 0 unspecified atom stereocenters. The summed E-state index contributed by atoms with van der Waals surface area (Å²) in [5.41, 5.74) is 1.22. The second-order valence-corrected chi connectivity index (χ2v) is 7.39. The van der Waals surface area contributed by atoms with Crippen LogP contribution >= 0.6 is 0 Å². The monoisotopic (exact) mass is 387 g/mol. The van der Waals surface area contributed by atoms with Crippen LogP contribution in [0.25, 0.3) is 0 Å². The third kappa shape index (κ3) is 6.90. The van der Waals surface area contributed by atoms with Crippen LogP contribution in [0.2, 0.25) is 0 Å². The first-order chi connectivity index (χ1) is 13.1. The lowest BCUT2D eigenvalue weighted by Gasteiger charge is -2.22. The quantitative estimate of drug-likeness (QED) is 0.691. The maximum Gasteiger partial charge on any atom is 0.408 e. The average Bonchev–Trinajstić information content (AvgIpc) is 2.61. The zero-order valence-corrected chi connectivity index (χ0v) is 16.5. The summed E-state index contributed by atoms with van der Waals surface area (Å²) in [5, 5.41) is 8.30. The normalized spacial score (nSPS) is 12.0. The highest BCUT2D eigenvalue weighted by molar-refractivity contribution is 5.98. The topological polar surface area (TPSA) is 79.5 Å². The summed E-state index contributed by atoms with van der Waals surface area (Å²) in [6.45, 7) is 7.22. The van der Waals surface area contributed by atoms with Crippen molar-refractivity contribution in [1.82, 2.24) is 5.32 Å². The van der Waals surface area contributed by atoms with Crippen LogP contribution < -0.4 is 16.0 Å². The number of alkyl carbamates (subject to hydrolysis) is 1. The minimum atomic E-state index is -0.832. The molecule has 150 valence electrons. The molecule has 28 heavy (non-hydrogen) atoms. The largest absolute Gasteiger partial charge is 0.444 e. The van der Waals surface area contributed by atoms with Crippen LogP contribution in [-0.4, -0.2) is 23.6 Å². The van der Waals surface area contributed by atoms with Crippen molar-refractivity contribution in [2.45, 2.75) is 45.9 Å². The summed E-state index contributed by atoms with van der Waals surface area (Å²) in [6.07, 6.45) is -0.684. The molecule has 2 aromatic carbocycles. The van der Waals surface area contributed by atoms with Crippen molar-refractivity contribution in [3.8, 4) is 0 Å². The molecule has 1 atom stereocenters. The number of nitrogens with one attached hydrogen (secondary N) is 3. The van der Waals surface area contributed by atoms with E-state index in [9.17, 15) is 14.0 Å². The fourth-order valence-corrected chi connectivity index (χ4v) is 2.36. The molecule has 0 saturated heterocycles. The minimum Gasteiger partial charge on any atom is -0.444 e. The van der Waals surface area contributed by atoms with Crippen LogP contribution in [0, 0.1) is 5.82 Å². The Hall–Kier alpha value is -3.09. The van der Waals surface area contributed by atoms with Gasteiger partial charge in [-0.15, -0.1) is 0 Å². The standard InChI is InChI=1S/C21H26FN3O3/c1-14(24-20(27)28-21(2,3)4)19(26)25-17-11-10-16(22)12-18(17)23-13-15-8-6-5-7-9-15/h5-12,14,23H,13H2,1-4H3,(H,24,27)(H,25,26)/t14-/m0/s1. The first-order valence-corrected chi connectivity index (χ1v) is 9.02. The Balaban J connectivity index is 2.02. The second-order valence-electron chi connectivity index (χ2n) is 7.39. The summed E-state index contributed by atoms with van der Waals surface area (Å²) in [4.78, 5) is 24.2. The SMILES string of the molecule is C[C@H](NC(=O)OC(C)(C)C)C(=O)Nc1ccc(F)cc1NCc1ccccc1. The molecule has 0 radical (unpaired) electrons. The van der Waals surface area contributed by atoms with Gasteiger partial charge < -0.3 is 20.7 Å². The molecule has 0 aromatic heterocycles. The van der Waals surface area contributed by atoms with E-state index in [0.717, 1.165) is 5.56 Å². The minimum absolute atomic E-state index is 0.417. The molecular formula is C21H26FN3O3. The number of rotatable bonds is 6. The third-order valence-corrected chi connectivity index (χ3v) is 3.69. The van der Waals surface area contributed by atoms with Gasteiger partial charge in [-0.3, -0.25) is 4.79 Å². The van der Waals surface area contributed by atoms with Gasteiger partial charge in [0.05, 0.1) is 11.4 Å². The van der Waals surface area contributed by atoms with E-state index in [2.05, 4.69) is 16.0 Å². The van der Waals surface area contributed by atoms with Crippen LogP contribution in [-0.2, 0) is 16.1 Å². The van der Waals surface area contributed by atoms with Gasteiger partial charge in [0.25, 0.3) is 0 Å². The van der Waals surface area contributed by atoms with Crippen LogP contribution in [0.3, 0.4) is 0 Å². The molecule has 0 aliphatic carbocycles. The lowest BCUT2D eigenvalue weighted by Crippen LogP contribution is -2.44. The molecule has 0 bridgehead atoms. The molecule has 6 nitrogen and oxygen atoms in total. The molecule has 7 heteroatoms. The van der Waals surface area contributed by atoms with Crippen molar-refractivity contribution in [1.29, 1.82) is 0 Å². The number of carbonyl (C=O) groups is 2. The van der Waals surface area contributed by atoms with E-state index < -0.39 is 29.5 Å². The van der Waals surface area contributed by atoms with E-state index in [1.54, 1.807) is 27.7 Å². The molecule has 0 heterocycles. The third-order valence-electron chi connectivity index (χ3n) is 3.69. The van der Waals surface area contributed by atoms with Crippen molar-refractivity contribution in [2.24, 2.45) is 0 Å². The number of hydrogen-bond donors (Lipinski definition) is 3. The number of halogens is 1. The lowest BCUT2D eigenvalue weighted by atomic mass is 10.2. The molecule has 2 aromatic rings. The Morgan fingerprint density at radius 1 is 1.07 bits per heavy atom. The molecule has 0 spiro atoms. The van der Waals surface area contributed by atoms with Crippen LogP contribution in [0.1, 0.15) is 33.3 Å². The molecule has 3 N–H and O–H groups in total.